The minimum absolute atomic E-state index is 0.158. The molecule has 1 amide bonds. The summed E-state index contributed by atoms with van der Waals surface area (Å²) in [5.74, 6) is 0.669. The van der Waals surface area contributed by atoms with Crippen LogP contribution in [-0.4, -0.2) is 32.1 Å². The number of carbonyl (C=O) groups is 1. The van der Waals surface area contributed by atoms with Gasteiger partial charge >= 0.3 is 0 Å². The number of hydrogen-bond donors (Lipinski definition) is 3. The molecular weight excluding hydrogens is 378 g/mol. The number of pyridine rings is 1. The molecule has 0 aliphatic rings. The van der Waals surface area contributed by atoms with Crippen LogP contribution in [0.3, 0.4) is 0 Å². The highest BCUT2D eigenvalue weighted by Crippen LogP contribution is 2.18. The molecule has 0 radical (unpaired) electrons. The third kappa shape index (κ3) is 4.82. The second-order valence-electron chi connectivity index (χ2n) is 6.74. The molecule has 30 heavy (non-hydrogen) atoms. The molecule has 0 atom stereocenters. The molecule has 0 saturated carbocycles. The van der Waals surface area contributed by atoms with Gasteiger partial charge in [0.15, 0.2) is 0 Å². The van der Waals surface area contributed by atoms with Gasteiger partial charge in [0.2, 0.25) is 0 Å². The quantitative estimate of drug-likeness (QED) is 0.441. The average molecular weight is 399 g/mol. The van der Waals surface area contributed by atoms with E-state index < -0.39 is 0 Å². The molecule has 0 aliphatic heterocycles. The van der Waals surface area contributed by atoms with Gasteiger partial charge in [-0.2, -0.15) is 0 Å². The van der Waals surface area contributed by atoms with Gasteiger partial charge in [-0.25, -0.2) is 9.97 Å². The number of amides is 1. The Hall–Kier alpha value is -4.13. The fraction of sp³-hybridized carbons (Fsp3) is 0.0870. The van der Waals surface area contributed by atoms with Crippen LogP contribution in [0.1, 0.15) is 15.9 Å². The predicted octanol–water partition coefficient (Wildman–Crippen LogP) is 3.69. The molecule has 2 heterocycles. The van der Waals surface area contributed by atoms with E-state index >= 15 is 0 Å². The number of carbonyl (C=O) groups excluding carboxylic acids is 1. The molecule has 0 spiro atoms. The number of aromatic nitrogens is 3. The van der Waals surface area contributed by atoms with Crippen LogP contribution >= 0.6 is 0 Å². The summed E-state index contributed by atoms with van der Waals surface area (Å²) in [6.07, 6.45) is 7.65. The summed E-state index contributed by atoms with van der Waals surface area (Å²) in [4.78, 5) is 20.8. The fourth-order valence-corrected chi connectivity index (χ4v) is 3.00. The Bertz CT molecular complexity index is 1110. The number of aromatic hydroxyl groups is 1. The number of phenols is 1. The van der Waals surface area contributed by atoms with Crippen LogP contribution in [0.5, 0.6) is 5.75 Å². The Morgan fingerprint density at radius 3 is 2.53 bits per heavy atom. The van der Waals surface area contributed by atoms with Crippen molar-refractivity contribution in [2.45, 2.75) is 6.42 Å². The van der Waals surface area contributed by atoms with E-state index in [-0.39, 0.29) is 11.7 Å². The Labute approximate surface area is 174 Å². The highest BCUT2D eigenvalue weighted by atomic mass is 16.3. The van der Waals surface area contributed by atoms with E-state index in [0.29, 0.717) is 24.3 Å². The molecular formula is C23H21N5O2. The summed E-state index contributed by atoms with van der Waals surface area (Å²) in [5.41, 5.74) is 3.46. The lowest BCUT2D eigenvalue weighted by atomic mass is 10.1. The molecule has 0 fully saturated rings. The van der Waals surface area contributed by atoms with Crippen LogP contribution in [0.15, 0.2) is 85.6 Å². The number of nitrogens with zero attached hydrogens (tertiary/aromatic N) is 3. The van der Waals surface area contributed by atoms with Crippen LogP contribution in [-0.2, 0) is 6.42 Å². The van der Waals surface area contributed by atoms with Crippen LogP contribution in [0.4, 0.5) is 11.5 Å². The van der Waals surface area contributed by atoms with Crippen LogP contribution in [0.2, 0.25) is 0 Å². The third-order valence-electron chi connectivity index (χ3n) is 4.60. The molecule has 2 aromatic heterocycles. The maximum atomic E-state index is 12.5. The predicted molar refractivity (Wildman–Crippen MR) is 115 cm³/mol. The van der Waals surface area contributed by atoms with E-state index in [9.17, 15) is 9.90 Å². The maximum absolute atomic E-state index is 12.5. The minimum Gasteiger partial charge on any atom is -0.508 e. The minimum atomic E-state index is -0.158. The lowest BCUT2D eigenvalue weighted by Gasteiger charge is -2.09. The van der Waals surface area contributed by atoms with Gasteiger partial charge in [-0.15, -0.1) is 0 Å². The number of nitrogens with one attached hydrogen (secondary N) is 2. The molecule has 0 unspecified atom stereocenters. The Morgan fingerprint density at radius 2 is 1.80 bits per heavy atom. The largest absolute Gasteiger partial charge is 0.508 e. The number of anilines is 2. The summed E-state index contributed by atoms with van der Waals surface area (Å²) in [7, 11) is 0. The van der Waals surface area contributed by atoms with Crippen molar-refractivity contribution < 1.29 is 9.90 Å². The molecule has 7 nitrogen and oxygen atoms in total. The van der Waals surface area contributed by atoms with Gasteiger partial charge in [0.25, 0.3) is 5.91 Å². The van der Waals surface area contributed by atoms with Gasteiger partial charge in [0.1, 0.15) is 11.6 Å². The molecule has 4 rings (SSSR count). The first-order valence-electron chi connectivity index (χ1n) is 9.55. The number of hydrogen-bond acceptors (Lipinski definition) is 5. The number of benzene rings is 2. The van der Waals surface area contributed by atoms with Crippen LogP contribution in [0.25, 0.3) is 5.69 Å². The molecule has 2 aromatic carbocycles. The zero-order chi connectivity index (χ0) is 20.8. The fourth-order valence-electron chi connectivity index (χ4n) is 3.00. The van der Waals surface area contributed by atoms with E-state index in [1.807, 2.05) is 47.2 Å². The number of phenolic OH excluding ortho intramolecular Hbond substituents is 1. The van der Waals surface area contributed by atoms with Gasteiger partial charge in [0, 0.05) is 42.1 Å². The van der Waals surface area contributed by atoms with Crippen LogP contribution < -0.4 is 10.6 Å². The van der Waals surface area contributed by atoms with Gasteiger partial charge < -0.3 is 20.3 Å². The molecule has 7 heteroatoms. The average Bonchev–Trinajstić information content (AvgIpc) is 3.31. The summed E-state index contributed by atoms with van der Waals surface area (Å²) in [6.45, 7) is 0.504. The molecule has 150 valence electrons. The molecule has 0 bridgehead atoms. The van der Waals surface area contributed by atoms with Crippen molar-refractivity contribution >= 4 is 17.4 Å². The summed E-state index contributed by atoms with van der Waals surface area (Å²) < 4.78 is 1.92. The highest BCUT2D eigenvalue weighted by molar-refractivity contribution is 5.94. The Kier molecular flexibility index (Phi) is 5.70. The SMILES string of the molecule is O=C(NCCc1ccc(O)cc1)c1ccnc(Nc2ccc(-n3ccnc3)cc2)c1. The van der Waals surface area contributed by atoms with Crippen molar-refractivity contribution in [1.82, 2.24) is 19.9 Å². The van der Waals surface area contributed by atoms with Crippen molar-refractivity contribution in [3.05, 3.63) is 96.7 Å². The normalized spacial score (nSPS) is 10.5. The van der Waals surface area contributed by atoms with Crippen molar-refractivity contribution in [3.8, 4) is 11.4 Å². The van der Waals surface area contributed by atoms with Crippen molar-refractivity contribution in [2.24, 2.45) is 0 Å². The Morgan fingerprint density at radius 1 is 1.00 bits per heavy atom. The Balaban J connectivity index is 1.35. The first kappa shape index (κ1) is 19.2. The van der Waals surface area contributed by atoms with E-state index in [2.05, 4.69) is 20.6 Å². The van der Waals surface area contributed by atoms with E-state index in [1.54, 1.807) is 43.0 Å². The van der Waals surface area contributed by atoms with Gasteiger partial charge in [-0.3, -0.25) is 4.79 Å². The molecule has 0 aliphatic carbocycles. The first-order chi connectivity index (χ1) is 14.7. The van der Waals surface area contributed by atoms with E-state index in [4.69, 9.17) is 0 Å². The topological polar surface area (TPSA) is 92.1 Å². The second kappa shape index (κ2) is 8.91. The first-order valence-corrected chi connectivity index (χ1v) is 9.55. The number of imidazole rings is 1. The number of rotatable bonds is 7. The van der Waals surface area contributed by atoms with E-state index in [1.165, 1.54) is 0 Å². The lowest BCUT2D eigenvalue weighted by molar-refractivity contribution is 0.0954. The molecule has 3 N–H and O–H groups in total. The van der Waals surface area contributed by atoms with Gasteiger partial charge in [0.05, 0.1) is 6.33 Å². The summed E-state index contributed by atoms with van der Waals surface area (Å²) in [5, 5.41) is 15.5. The maximum Gasteiger partial charge on any atom is 0.251 e. The standard InChI is InChI=1S/C23H21N5O2/c29-21-7-1-17(2-8-21)9-11-26-23(30)18-10-12-25-22(15-18)27-19-3-5-20(6-4-19)28-14-13-24-16-28/h1-8,10,12-16,29H,9,11H2,(H,25,27)(H,26,30). The van der Waals surface area contributed by atoms with Crippen molar-refractivity contribution in [1.29, 1.82) is 0 Å². The molecule has 0 saturated heterocycles. The van der Waals surface area contributed by atoms with Crippen LogP contribution in [0, 0.1) is 0 Å². The van der Waals surface area contributed by atoms with E-state index in [0.717, 1.165) is 16.9 Å². The summed E-state index contributed by atoms with van der Waals surface area (Å²) >= 11 is 0. The highest BCUT2D eigenvalue weighted by Gasteiger charge is 2.07. The van der Waals surface area contributed by atoms with Gasteiger partial charge in [-0.1, -0.05) is 12.1 Å². The smallest absolute Gasteiger partial charge is 0.251 e. The molecule has 4 aromatic rings. The third-order valence-corrected chi connectivity index (χ3v) is 4.60. The lowest BCUT2D eigenvalue weighted by Crippen LogP contribution is -2.25. The zero-order valence-corrected chi connectivity index (χ0v) is 16.2. The monoisotopic (exact) mass is 399 g/mol. The van der Waals surface area contributed by atoms with Crippen molar-refractivity contribution in [3.63, 3.8) is 0 Å². The zero-order valence-electron chi connectivity index (χ0n) is 16.2. The van der Waals surface area contributed by atoms with Crippen molar-refractivity contribution in [2.75, 3.05) is 11.9 Å². The second-order valence-corrected chi connectivity index (χ2v) is 6.74. The summed E-state index contributed by atoms with van der Waals surface area (Å²) in [6, 6.07) is 18.2. The van der Waals surface area contributed by atoms with Gasteiger partial charge in [-0.05, 0) is 60.5 Å².